The molecule has 4 heteroatoms. The van der Waals surface area contributed by atoms with Gasteiger partial charge in [0.1, 0.15) is 0 Å². The molecule has 0 saturated heterocycles. The summed E-state index contributed by atoms with van der Waals surface area (Å²) >= 11 is 6.18. The molecule has 0 aliphatic carbocycles. The third-order valence-corrected chi connectivity index (χ3v) is 3.10. The molecular weight excluding hydrogens is 236 g/mol. The number of fused-ring (bicyclic) bond motifs is 1. The van der Waals surface area contributed by atoms with Crippen molar-refractivity contribution in [2.45, 2.75) is 33.1 Å². The fraction of sp³-hybridized carbons (Fsp3) is 0.385. The van der Waals surface area contributed by atoms with Gasteiger partial charge in [-0.3, -0.25) is 9.20 Å². The molecule has 0 atom stereocenters. The van der Waals surface area contributed by atoms with Crippen LogP contribution < -0.4 is 5.56 Å². The van der Waals surface area contributed by atoms with Crippen molar-refractivity contribution >= 4 is 17.2 Å². The summed E-state index contributed by atoms with van der Waals surface area (Å²) in [4.78, 5) is 16.3. The minimum Gasteiger partial charge on any atom is -0.269 e. The molecule has 0 N–H and O–H groups in total. The quantitative estimate of drug-likeness (QED) is 0.821. The van der Waals surface area contributed by atoms with Crippen molar-refractivity contribution in [2.75, 3.05) is 0 Å². The molecule has 2 aromatic heterocycles. The van der Waals surface area contributed by atoms with Gasteiger partial charge in [-0.2, -0.15) is 0 Å². The van der Waals surface area contributed by atoms with Crippen molar-refractivity contribution in [3.8, 4) is 0 Å². The Morgan fingerprint density at radius 2 is 2.12 bits per heavy atom. The topological polar surface area (TPSA) is 34.4 Å². The summed E-state index contributed by atoms with van der Waals surface area (Å²) in [5.74, 6) is 0.328. The van der Waals surface area contributed by atoms with Gasteiger partial charge in [0, 0.05) is 18.0 Å². The van der Waals surface area contributed by atoms with Gasteiger partial charge in [-0.05, 0) is 24.0 Å². The largest absolute Gasteiger partial charge is 0.269 e. The summed E-state index contributed by atoms with van der Waals surface area (Å²) in [7, 11) is 0. The molecule has 3 nitrogen and oxygen atoms in total. The first-order valence-electron chi connectivity index (χ1n) is 5.74. The number of halogens is 1. The van der Waals surface area contributed by atoms with Crippen LogP contribution in [-0.4, -0.2) is 9.38 Å². The zero-order valence-electron chi connectivity index (χ0n) is 10.2. The molecular formula is C13H15ClN2O. The van der Waals surface area contributed by atoms with Gasteiger partial charge in [0.15, 0.2) is 5.65 Å². The smallest absolute Gasteiger partial charge is 0.258 e. The molecule has 0 fully saturated rings. The number of aromatic nitrogens is 2. The monoisotopic (exact) mass is 250 g/mol. The zero-order chi connectivity index (χ0) is 12.6. The van der Waals surface area contributed by atoms with Gasteiger partial charge in [-0.1, -0.05) is 32.4 Å². The first-order chi connectivity index (χ1) is 8.02. The maximum absolute atomic E-state index is 11.9. The molecule has 0 saturated carbocycles. The summed E-state index contributed by atoms with van der Waals surface area (Å²) in [6.07, 6.45) is 2.55. The zero-order valence-corrected chi connectivity index (χ0v) is 11.0. The van der Waals surface area contributed by atoms with Crippen molar-refractivity contribution in [2.24, 2.45) is 0 Å². The van der Waals surface area contributed by atoms with E-state index in [4.69, 9.17) is 11.6 Å². The Morgan fingerprint density at radius 1 is 1.41 bits per heavy atom. The molecule has 0 radical (unpaired) electrons. The van der Waals surface area contributed by atoms with Gasteiger partial charge in [0.25, 0.3) is 5.56 Å². The van der Waals surface area contributed by atoms with Gasteiger partial charge >= 0.3 is 0 Å². The number of aryl methyl sites for hydroxylation is 1. The van der Waals surface area contributed by atoms with Crippen LogP contribution >= 0.6 is 11.6 Å². The number of pyridine rings is 1. The van der Waals surface area contributed by atoms with E-state index in [1.54, 1.807) is 6.07 Å². The molecule has 0 spiro atoms. The Kier molecular flexibility index (Phi) is 3.20. The first-order valence-corrected chi connectivity index (χ1v) is 6.12. The lowest BCUT2D eigenvalue weighted by molar-refractivity contribution is 0.844. The Bertz CT molecular complexity index is 617. The normalized spacial score (nSPS) is 11.4. The average molecular weight is 251 g/mol. The predicted molar refractivity (Wildman–Crippen MR) is 69.9 cm³/mol. The Balaban J connectivity index is 2.81. The molecule has 0 amide bonds. The second-order valence-electron chi connectivity index (χ2n) is 4.41. The van der Waals surface area contributed by atoms with Crippen LogP contribution in [0.15, 0.2) is 23.1 Å². The molecule has 0 aliphatic rings. The summed E-state index contributed by atoms with van der Waals surface area (Å²) in [5.41, 5.74) is 2.28. The van der Waals surface area contributed by atoms with E-state index in [0.29, 0.717) is 16.6 Å². The standard InChI is InChI=1S/C13H15ClN2O/c1-4-10-6-12(17)16-7-9(8(2)3)5-11(14)13(16)15-10/h5-8H,4H2,1-3H3. The van der Waals surface area contributed by atoms with Crippen molar-refractivity contribution in [1.29, 1.82) is 0 Å². The molecule has 2 heterocycles. The molecule has 90 valence electrons. The van der Waals surface area contributed by atoms with Crippen LogP contribution in [0.3, 0.4) is 0 Å². The summed E-state index contributed by atoms with van der Waals surface area (Å²) in [5, 5.41) is 0.531. The SMILES string of the molecule is CCc1cc(=O)n2cc(C(C)C)cc(Cl)c2n1. The third kappa shape index (κ3) is 2.20. The molecule has 0 bridgehead atoms. The molecule has 2 aromatic rings. The van der Waals surface area contributed by atoms with Crippen LogP contribution in [0.25, 0.3) is 5.65 Å². The Labute approximate surface area is 105 Å². The maximum Gasteiger partial charge on any atom is 0.258 e. The fourth-order valence-corrected chi connectivity index (χ4v) is 1.99. The highest BCUT2D eigenvalue weighted by Crippen LogP contribution is 2.21. The average Bonchev–Trinajstić information content (AvgIpc) is 2.29. The van der Waals surface area contributed by atoms with Gasteiger partial charge in [-0.15, -0.1) is 0 Å². The minimum atomic E-state index is -0.0729. The fourth-order valence-electron chi connectivity index (χ4n) is 1.73. The Hall–Kier alpha value is -1.35. The number of nitrogens with zero attached hydrogens (tertiary/aromatic N) is 2. The lowest BCUT2D eigenvalue weighted by Crippen LogP contribution is -2.16. The second-order valence-corrected chi connectivity index (χ2v) is 4.82. The van der Waals surface area contributed by atoms with Crippen molar-refractivity contribution < 1.29 is 0 Å². The molecule has 2 rings (SSSR count). The number of hydrogen-bond donors (Lipinski definition) is 0. The summed E-state index contributed by atoms with van der Waals surface area (Å²) in [6.45, 7) is 6.10. The van der Waals surface area contributed by atoms with Gasteiger partial charge in [0.2, 0.25) is 0 Å². The van der Waals surface area contributed by atoms with E-state index in [0.717, 1.165) is 17.7 Å². The molecule has 17 heavy (non-hydrogen) atoms. The van der Waals surface area contributed by atoms with E-state index < -0.39 is 0 Å². The summed E-state index contributed by atoms with van der Waals surface area (Å²) in [6, 6.07) is 3.45. The van der Waals surface area contributed by atoms with Crippen molar-refractivity contribution in [3.63, 3.8) is 0 Å². The lowest BCUT2D eigenvalue weighted by atomic mass is 10.1. The highest BCUT2D eigenvalue weighted by Gasteiger charge is 2.09. The molecule has 0 aromatic carbocycles. The lowest BCUT2D eigenvalue weighted by Gasteiger charge is -2.10. The molecule has 0 unspecified atom stereocenters. The minimum absolute atomic E-state index is 0.0729. The van der Waals surface area contributed by atoms with Crippen molar-refractivity contribution in [1.82, 2.24) is 9.38 Å². The molecule has 0 aliphatic heterocycles. The van der Waals surface area contributed by atoms with E-state index in [2.05, 4.69) is 18.8 Å². The van der Waals surface area contributed by atoms with Crippen LogP contribution in [0.2, 0.25) is 5.02 Å². The van der Waals surface area contributed by atoms with Crippen molar-refractivity contribution in [3.05, 3.63) is 45.0 Å². The number of rotatable bonds is 2. The van der Waals surface area contributed by atoms with Crippen LogP contribution in [0.4, 0.5) is 0 Å². The van der Waals surface area contributed by atoms with E-state index >= 15 is 0 Å². The van der Waals surface area contributed by atoms with Gasteiger partial charge in [0.05, 0.1) is 5.02 Å². The second kappa shape index (κ2) is 4.49. The van der Waals surface area contributed by atoms with Crippen LogP contribution in [0, 0.1) is 0 Å². The van der Waals surface area contributed by atoms with Gasteiger partial charge in [-0.25, -0.2) is 4.98 Å². The highest BCUT2D eigenvalue weighted by atomic mass is 35.5. The van der Waals surface area contributed by atoms with Crippen LogP contribution in [-0.2, 0) is 6.42 Å². The Morgan fingerprint density at radius 3 is 2.71 bits per heavy atom. The predicted octanol–water partition coefficient (Wildman–Crippen LogP) is 3.03. The van der Waals surface area contributed by atoms with E-state index in [9.17, 15) is 4.79 Å². The van der Waals surface area contributed by atoms with E-state index in [-0.39, 0.29) is 5.56 Å². The van der Waals surface area contributed by atoms with E-state index in [1.165, 1.54) is 4.40 Å². The maximum atomic E-state index is 11.9. The highest BCUT2D eigenvalue weighted by molar-refractivity contribution is 6.33. The summed E-state index contributed by atoms with van der Waals surface area (Å²) < 4.78 is 1.52. The third-order valence-electron chi connectivity index (χ3n) is 2.82. The number of hydrogen-bond acceptors (Lipinski definition) is 2. The van der Waals surface area contributed by atoms with Crippen LogP contribution in [0.1, 0.15) is 37.9 Å². The first kappa shape index (κ1) is 12.1. The van der Waals surface area contributed by atoms with E-state index in [1.807, 2.05) is 19.2 Å². The van der Waals surface area contributed by atoms with Gasteiger partial charge < -0.3 is 0 Å². The van der Waals surface area contributed by atoms with Crippen LogP contribution in [0.5, 0.6) is 0 Å².